The van der Waals surface area contributed by atoms with Gasteiger partial charge in [-0.1, -0.05) is 0 Å². The normalized spacial score (nSPS) is 24.3. The zero-order valence-corrected chi connectivity index (χ0v) is 13.0. The molecule has 1 N–H and O–H groups in total. The molecule has 4 nitrogen and oxygen atoms in total. The number of nitrogens with one attached hydrogen (secondary N) is 1. The van der Waals surface area contributed by atoms with Crippen LogP contribution in [0.25, 0.3) is 10.9 Å². The average Bonchev–Trinajstić information content (AvgIpc) is 2.84. The number of piperazine rings is 1. The van der Waals surface area contributed by atoms with Crippen molar-refractivity contribution < 1.29 is 13.2 Å². The molecular weight excluding hydrogens is 361 g/mol. The van der Waals surface area contributed by atoms with E-state index in [1.165, 1.54) is 0 Å². The van der Waals surface area contributed by atoms with Crippen molar-refractivity contribution in [1.82, 2.24) is 15.3 Å². The minimum atomic E-state index is -1.01. The minimum Gasteiger partial charge on any atom is -0.353 e. The molecule has 1 aromatic carbocycles. The molecule has 1 aromatic heterocycles. The molecule has 0 spiro atoms. The maximum Gasteiger partial charge on any atom is 0.311 e. The molecule has 116 valence electrons. The lowest BCUT2D eigenvalue weighted by Crippen LogP contribution is -2.51. The van der Waals surface area contributed by atoms with Crippen LogP contribution in [0, 0.1) is 17.7 Å². The van der Waals surface area contributed by atoms with Crippen LogP contribution in [-0.4, -0.2) is 35.1 Å². The molecule has 2 bridgehead atoms. The molecular formula is C14H12BrF3N4. The third-order valence-electron chi connectivity index (χ3n) is 4.30. The molecule has 0 aliphatic carbocycles. The summed E-state index contributed by atoms with van der Waals surface area (Å²) in [6.45, 7) is 1.28. The van der Waals surface area contributed by atoms with E-state index in [4.69, 9.17) is 0 Å². The fourth-order valence-electron chi connectivity index (χ4n) is 3.34. The van der Waals surface area contributed by atoms with Gasteiger partial charge in [0.2, 0.25) is 0 Å². The minimum absolute atomic E-state index is 0.195. The van der Waals surface area contributed by atoms with Crippen molar-refractivity contribution in [1.29, 1.82) is 0 Å². The number of benzene rings is 1. The first-order chi connectivity index (χ1) is 10.5. The van der Waals surface area contributed by atoms with Gasteiger partial charge in [0.05, 0.1) is 4.47 Å². The van der Waals surface area contributed by atoms with Gasteiger partial charge in [0.25, 0.3) is 0 Å². The van der Waals surface area contributed by atoms with Gasteiger partial charge in [-0.15, -0.1) is 0 Å². The number of nitrogens with zero attached hydrogens (tertiary/aromatic N) is 3. The Morgan fingerprint density at radius 2 is 1.82 bits per heavy atom. The van der Waals surface area contributed by atoms with E-state index >= 15 is 0 Å². The maximum absolute atomic E-state index is 14.2. The Morgan fingerprint density at radius 1 is 1.14 bits per heavy atom. The Hall–Kier alpha value is -1.41. The first-order valence-electron chi connectivity index (χ1n) is 7.04. The van der Waals surface area contributed by atoms with Crippen molar-refractivity contribution in [2.75, 3.05) is 18.0 Å². The topological polar surface area (TPSA) is 41.1 Å². The second-order valence-corrected chi connectivity index (χ2v) is 6.53. The summed E-state index contributed by atoms with van der Waals surface area (Å²) in [5.41, 5.74) is -0.207. The highest BCUT2D eigenvalue weighted by Gasteiger charge is 2.34. The summed E-state index contributed by atoms with van der Waals surface area (Å²) >= 11 is 2.82. The van der Waals surface area contributed by atoms with Crippen LogP contribution >= 0.6 is 15.9 Å². The second-order valence-electron chi connectivity index (χ2n) is 5.74. The summed E-state index contributed by atoms with van der Waals surface area (Å²) < 4.78 is 41.4. The molecule has 2 aliphatic rings. The zero-order valence-electron chi connectivity index (χ0n) is 11.4. The number of hydrogen-bond acceptors (Lipinski definition) is 4. The standard InChI is InChI=1S/C14H12BrF3N4/c15-10-9(16)3-8-12(11(10)17)20-14(18)21-13(8)22-4-6-1-2-7(5-22)19-6/h3,6-7,19H,1-2,4-5H2. The summed E-state index contributed by atoms with van der Waals surface area (Å²) in [6.07, 6.45) is 1.08. The third-order valence-corrected chi connectivity index (χ3v) is 5.02. The van der Waals surface area contributed by atoms with Crippen molar-refractivity contribution in [3.05, 3.63) is 28.3 Å². The summed E-state index contributed by atoms with van der Waals surface area (Å²) in [6, 6.07) is 1.76. The molecule has 2 unspecified atom stereocenters. The third kappa shape index (κ3) is 2.16. The SMILES string of the molecule is Fc1nc(N2CC3CCC(C2)N3)c2cc(F)c(Br)c(F)c2n1. The van der Waals surface area contributed by atoms with E-state index in [0.717, 1.165) is 18.9 Å². The van der Waals surface area contributed by atoms with E-state index in [1.807, 2.05) is 4.90 Å². The van der Waals surface area contributed by atoms with Gasteiger partial charge < -0.3 is 10.2 Å². The Labute approximate surface area is 132 Å². The smallest absolute Gasteiger partial charge is 0.311 e. The van der Waals surface area contributed by atoms with Crippen LogP contribution < -0.4 is 10.2 Å². The van der Waals surface area contributed by atoms with Gasteiger partial charge in [0.15, 0.2) is 5.82 Å². The van der Waals surface area contributed by atoms with Gasteiger partial charge in [-0.2, -0.15) is 14.4 Å². The fraction of sp³-hybridized carbons (Fsp3) is 0.429. The number of halogens is 4. The van der Waals surface area contributed by atoms with Crippen molar-refractivity contribution in [2.24, 2.45) is 0 Å². The Kier molecular flexibility index (Phi) is 3.26. The van der Waals surface area contributed by atoms with Gasteiger partial charge >= 0.3 is 6.08 Å². The molecule has 4 rings (SSSR count). The molecule has 22 heavy (non-hydrogen) atoms. The molecule has 0 saturated carbocycles. The quantitative estimate of drug-likeness (QED) is 0.617. The highest BCUT2D eigenvalue weighted by molar-refractivity contribution is 9.10. The van der Waals surface area contributed by atoms with Crippen LogP contribution in [0.15, 0.2) is 10.5 Å². The predicted octanol–water partition coefficient (Wildman–Crippen LogP) is 2.75. The van der Waals surface area contributed by atoms with E-state index in [-0.39, 0.29) is 21.2 Å². The summed E-state index contributed by atoms with van der Waals surface area (Å²) in [4.78, 5) is 9.19. The van der Waals surface area contributed by atoms with Crippen LogP contribution in [0.1, 0.15) is 12.8 Å². The van der Waals surface area contributed by atoms with Crippen molar-refractivity contribution >= 4 is 32.7 Å². The van der Waals surface area contributed by atoms with Crippen LogP contribution in [0.2, 0.25) is 0 Å². The van der Waals surface area contributed by atoms with Gasteiger partial charge in [0, 0.05) is 30.6 Å². The van der Waals surface area contributed by atoms with Gasteiger partial charge in [-0.3, -0.25) is 0 Å². The molecule has 8 heteroatoms. The Balaban J connectivity index is 1.90. The van der Waals surface area contributed by atoms with Crippen molar-refractivity contribution in [3.63, 3.8) is 0 Å². The molecule has 0 radical (unpaired) electrons. The highest BCUT2D eigenvalue weighted by atomic mass is 79.9. The van der Waals surface area contributed by atoms with Gasteiger partial charge in [-0.05, 0) is 34.8 Å². The lowest BCUT2D eigenvalue weighted by atomic mass is 10.1. The first kappa shape index (κ1) is 14.2. The van der Waals surface area contributed by atoms with Crippen LogP contribution in [0.5, 0.6) is 0 Å². The van der Waals surface area contributed by atoms with E-state index in [0.29, 0.717) is 25.2 Å². The average molecular weight is 373 g/mol. The molecule has 2 aromatic rings. The zero-order chi connectivity index (χ0) is 15.4. The Morgan fingerprint density at radius 3 is 2.50 bits per heavy atom. The Bertz CT molecular complexity index is 758. The van der Waals surface area contributed by atoms with Crippen molar-refractivity contribution in [3.8, 4) is 0 Å². The fourth-order valence-corrected chi connectivity index (χ4v) is 3.64. The highest BCUT2D eigenvalue weighted by Crippen LogP contribution is 2.33. The number of anilines is 1. The molecule has 3 heterocycles. The second kappa shape index (κ2) is 5.06. The van der Waals surface area contributed by atoms with Gasteiger partial charge in [0.1, 0.15) is 17.2 Å². The maximum atomic E-state index is 14.2. The van der Waals surface area contributed by atoms with E-state index in [1.54, 1.807) is 0 Å². The van der Waals surface area contributed by atoms with E-state index in [2.05, 4.69) is 31.2 Å². The molecule has 2 fully saturated rings. The number of rotatable bonds is 1. The van der Waals surface area contributed by atoms with E-state index < -0.39 is 17.7 Å². The number of aromatic nitrogens is 2. The van der Waals surface area contributed by atoms with E-state index in [9.17, 15) is 13.2 Å². The van der Waals surface area contributed by atoms with Crippen LogP contribution in [-0.2, 0) is 0 Å². The largest absolute Gasteiger partial charge is 0.353 e. The number of hydrogen-bond donors (Lipinski definition) is 1. The summed E-state index contributed by atoms with van der Waals surface area (Å²) in [5, 5.41) is 3.65. The lowest BCUT2D eigenvalue weighted by molar-refractivity contribution is 0.459. The first-order valence-corrected chi connectivity index (χ1v) is 7.84. The molecule has 2 aliphatic heterocycles. The summed E-state index contributed by atoms with van der Waals surface area (Å²) in [5.74, 6) is -1.40. The monoisotopic (exact) mass is 372 g/mol. The van der Waals surface area contributed by atoms with Crippen LogP contribution in [0.4, 0.5) is 19.0 Å². The van der Waals surface area contributed by atoms with Crippen LogP contribution in [0.3, 0.4) is 0 Å². The molecule has 0 amide bonds. The molecule has 2 atom stereocenters. The van der Waals surface area contributed by atoms with Gasteiger partial charge in [-0.25, -0.2) is 8.78 Å². The number of fused-ring (bicyclic) bond motifs is 3. The predicted molar refractivity (Wildman–Crippen MR) is 79.3 cm³/mol. The molecule has 2 saturated heterocycles. The summed E-state index contributed by atoms with van der Waals surface area (Å²) in [7, 11) is 0. The lowest BCUT2D eigenvalue weighted by Gasteiger charge is -2.34. The van der Waals surface area contributed by atoms with Crippen molar-refractivity contribution in [2.45, 2.75) is 24.9 Å².